The highest BCUT2D eigenvalue weighted by Crippen LogP contribution is 2.23. The SMILES string of the molecule is C=CCN1CCN(c2ccc(C)c(Cl)c2)CC1. The van der Waals surface area contributed by atoms with E-state index in [0.717, 1.165) is 43.3 Å². The number of nitrogens with zero attached hydrogens (tertiary/aromatic N) is 2. The van der Waals surface area contributed by atoms with Crippen LogP contribution in [0, 0.1) is 6.92 Å². The summed E-state index contributed by atoms with van der Waals surface area (Å²) in [5, 5.41) is 0.857. The van der Waals surface area contributed by atoms with Gasteiger partial charge in [0.15, 0.2) is 0 Å². The minimum atomic E-state index is 0.857. The van der Waals surface area contributed by atoms with Gasteiger partial charge in [-0.1, -0.05) is 23.7 Å². The second-order valence-corrected chi connectivity index (χ2v) is 4.92. The maximum atomic E-state index is 6.16. The smallest absolute Gasteiger partial charge is 0.0455 e. The molecule has 0 atom stereocenters. The summed E-state index contributed by atoms with van der Waals surface area (Å²) in [7, 11) is 0. The second kappa shape index (κ2) is 5.56. The molecule has 1 fully saturated rings. The molecule has 0 bridgehead atoms. The zero-order chi connectivity index (χ0) is 12.3. The fourth-order valence-corrected chi connectivity index (χ4v) is 2.32. The van der Waals surface area contributed by atoms with Crippen molar-refractivity contribution in [1.82, 2.24) is 4.90 Å². The van der Waals surface area contributed by atoms with Gasteiger partial charge >= 0.3 is 0 Å². The zero-order valence-electron chi connectivity index (χ0n) is 10.3. The van der Waals surface area contributed by atoms with Crippen molar-refractivity contribution in [2.45, 2.75) is 6.92 Å². The molecule has 0 aliphatic carbocycles. The highest BCUT2D eigenvalue weighted by atomic mass is 35.5. The fraction of sp³-hybridized carbons (Fsp3) is 0.429. The Hall–Kier alpha value is -0.990. The summed E-state index contributed by atoms with van der Waals surface area (Å²) < 4.78 is 0. The lowest BCUT2D eigenvalue weighted by atomic mass is 10.2. The molecule has 3 heteroatoms. The van der Waals surface area contributed by atoms with E-state index in [1.807, 2.05) is 13.0 Å². The van der Waals surface area contributed by atoms with Crippen LogP contribution in [0.5, 0.6) is 0 Å². The number of rotatable bonds is 3. The summed E-state index contributed by atoms with van der Waals surface area (Å²) in [6.45, 7) is 11.1. The van der Waals surface area contributed by atoms with Crippen LogP contribution in [0.15, 0.2) is 30.9 Å². The van der Waals surface area contributed by atoms with Gasteiger partial charge in [0.1, 0.15) is 0 Å². The fourth-order valence-electron chi connectivity index (χ4n) is 2.15. The van der Waals surface area contributed by atoms with Crippen molar-refractivity contribution in [2.75, 3.05) is 37.6 Å². The third-order valence-electron chi connectivity index (χ3n) is 3.28. The Bertz CT molecular complexity index is 395. The number of hydrogen-bond donors (Lipinski definition) is 0. The molecule has 1 aromatic rings. The quantitative estimate of drug-likeness (QED) is 0.761. The lowest BCUT2D eigenvalue weighted by Crippen LogP contribution is -2.46. The number of piperazine rings is 1. The molecule has 0 N–H and O–H groups in total. The van der Waals surface area contributed by atoms with E-state index in [-0.39, 0.29) is 0 Å². The molecule has 0 amide bonds. The molecule has 1 saturated heterocycles. The van der Waals surface area contributed by atoms with Crippen molar-refractivity contribution in [2.24, 2.45) is 0 Å². The lowest BCUT2D eigenvalue weighted by molar-refractivity contribution is 0.284. The van der Waals surface area contributed by atoms with Crippen LogP contribution < -0.4 is 4.90 Å². The van der Waals surface area contributed by atoms with Crippen LogP contribution in [0.3, 0.4) is 0 Å². The predicted molar refractivity (Wildman–Crippen MR) is 75.0 cm³/mol. The molecule has 92 valence electrons. The van der Waals surface area contributed by atoms with Crippen molar-refractivity contribution < 1.29 is 0 Å². The van der Waals surface area contributed by atoms with E-state index in [2.05, 4.69) is 34.6 Å². The molecule has 0 radical (unpaired) electrons. The van der Waals surface area contributed by atoms with Crippen molar-refractivity contribution in [3.63, 3.8) is 0 Å². The Kier molecular flexibility index (Phi) is 4.08. The third kappa shape index (κ3) is 3.02. The number of halogens is 1. The van der Waals surface area contributed by atoms with E-state index >= 15 is 0 Å². The average Bonchev–Trinajstić information content (AvgIpc) is 2.34. The Morgan fingerprint density at radius 3 is 2.59 bits per heavy atom. The summed E-state index contributed by atoms with van der Waals surface area (Å²) >= 11 is 6.16. The van der Waals surface area contributed by atoms with Crippen molar-refractivity contribution in [1.29, 1.82) is 0 Å². The molecule has 0 aromatic heterocycles. The molecule has 2 rings (SSSR count). The van der Waals surface area contributed by atoms with E-state index in [1.165, 1.54) is 5.69 Å². The van der Waals surface area contributed by atoms with Crippen LogP contribution in [-0.4, -0.2) is 37.6 Å². The number of anilines is 1. The molecule has 0 spiro atoms. The first-order valence-electron chi connectivity index (χ1n) is 6.05. The van der Waals surface area contributed by atoms with Gasteiger partial charge in [0, 0.05) is 43.4 Å². The minimum absolute atomic E-state index is 0.857. The largest absolute Gasteiger partial charge is 0.369 e. The van der Waals surface area contributed by atoms with Crippen LogP contribution in [-0.2, 0) is 0 Å². The molecule has 1 heterocycles. The normalized spacial score (nSPS) is 17.2. The van der Waals surface area contributed by atoms with Gasteiger partial charge in [-0.05, 0) is 24.6 Å². The summed E-state index contributed by atoms with van der Waals surface area (Å²) in [5.41, 5.74) is 2.37. The van der Waals surface area contributed by atoms with E-state index in [0.29, 0.717) is 0 Å². The van der Waals surface area contributed by atoms with E-state index in [9.17, 15) is 0 Å². The number of hydrogen-bond acceptors (Lipinski definition) is 2. The van der Waals surface area contributed by atoms with Gasteiger partial charge in [-0.15, -0.1) is 6.58 Å². The van der Waals surface area contributed by atoms with Gasteiger partial charge in [0.25, 0.3) is 0 Å². The Morgan fingerprint density at radius 1 is 1.29 bits per heavy atom. The summed E-state index contributed by atoms with van der Waals surface area (Å²) in [6.07, 6.45) is 1.97. The van der Waals surface area contributed by atoms with E-state index < -0.39 is 0 Å². The highest BCUT2D eigenvalue weighted by molar-refractivity contribution is 6.31. The predicted octanol–water partition coefficient (Wildman–Crippen LogP) is 2.96. The first kappa shape index (κ1) is 12.5. The topological polar surface area (TPSA) is 6.48 Å². The second-order valence-electron chi connectivity index (χ2n) is 4.51. The van der Waals surface area contributed by atoms with Crippen LogP contribution in [0.2, 0.25) is 5.02 Å². The Balaban J connectivity index is 2.00. The standard InChI is InChI=1S/C14H19ClN2/c1-3-6-16-7-9-17(10-8-16)13-5-4-12(2)14(15)11-13/h3-5,11H,1,6-10H2,2H3. The molecule has 1 aliphatic heterocycles. The van der Waals surface area contributed by atoms with E-state index in [4.69, 9.17) is 11.6 Å². The third-order valence-corrected chi connectivity index (χ3v) is 3.69. The molecule has 1 aromatic carbocycles. The number of aryl methyl sites for hydroxylation is 1. The van der Waals surface area contributed by atoms with Gasteiger partial charge < -0.3 is 4.90 Å². The molecule has 0 unspecified atom stereocenters. The van der Waals surface area contributed by atoms with Crippen LogP contribution >= 0.6 is 11.6 Å². The first-order valence-corrected chi connectivity index (χ1v) is 6.43. The highest BCUT2D eigenvalue weighted by Gasteiger charge is 2.16. The van der Waals surface area contributed by atoms with E-state index in [1.54, 1.807) is 0 Å². The first-order chi connectivity index (χ1) is 8.20. The maximum Gasteiger partial charge on any atom is 0.0455 e. The molecule has 0 saturated carbocycles. The summed E-state index contributed by atoms with van der Waals surface area (Å²) in [4.78, 5) is 4.81. The van der Waals surface area contributed by atoms with Crippen LogP contribution in [0.4, 0.5) is 5.69 Å². The van der Waals surface area contributed by atoms with Crippen LogP contribution in [0.25, 0.3) is 0 Å². The zero-order valence-corrected chi connectivity index (χ0v) is 11.1. The monoisotopic (exact) mass is 250 g/mol. The van der Waals surface area contributed by atoms with Gasteiger partial charge in [-0.2, -0.15) is 0 Å². The van der Waals surface area contributed by atoms with Crippen molar-refractivity contribution in [3.05, 3.63) is 41.4 Å². The molecular formula is C14H19ClN2. The Morgan fingerprint density at radius 2 is 2.00 bits per heavy atom. The summed E-state index contributed by atoms with van der Waals surface area (Å²) in [5.74, 6) is 0. The lowest BCUT2D eigenvalue weighted by Gasteiger charge is -2.35. The minimum Gasteiger partial charge on any atom is -0.369 e. The van der Waals surface area contributed by atoms with Gasteiger partial charge in [0.2, 0.25) is 0 Å². The maximum absolute atomic E-state index is 6.16. The Labute approximate surface area is 108 Å². The van der Waals surface area contributed by atoms with Crippen LogP contribution in [0.1, 0.15) is 5.56 Å². The number of benzene rings is 1. The van der Waals surface area contributed by atoms with Gasteiger partial charge in [0.05, 0.1) is 0 Å². The molecule has 1 aliphatic rings. The molecule has 17 heavy (non-hydrogen) atoms. The molecule has 2 nitrogen and oxygen atoms in total. The van der Waals surface area contributed by atoms with Gasteiger partial charge in [-0.25, -0.2) is 0 Å². The molecular weight excluding hydrogens is 232 g/mol. The summed E-state index contributed by atoms with van der Waals surface area (Å²) in [6, 6.07) is 6.32. The van der Waals surface area contributed by atoms with Crippen molar-refractivity contribution >= 4 is 17.3 Å². The van der Waals surface area contributed by atoms with Crippen molar-refractivity contribution in [3.8, 4) is 0 Å². The van der Waals surface area contributed by atoms with Gasteiger partial charge in [-0.3, -0.25) is 4.90 Å². The average molecular weight is 251 g/mol.